The van der Waals surface area contributed by atoms with Gasteiger partial charge in [-0.3, -0.25) is 4.90 Å². The van der Waals surface area contributed by atoms with Crippen molar-refractivity contribution >= 4 is 0 Å². The van der Waals surface area contributed by atoms with Gasteiger partial charge in [0.15, 0.2) is 0 Å². The smallest absolute Gasteiger partial charge is 0.146 e. The Hall–Kier alpha value is -1.88. The van der Waals surface area contributed by atoms with E-state index in [1.165, 1.54) is 43.5 Å². The van der Waals surface area contributed by atoms with Gasteiger partial charge in [0.05, 0.1) is 13.2 Å². The fourth-order valence-electron chi connectivity index (χ4n) is 4.06. The zero-order valence-electron chi connectivity index (χ0n) is 15.3. The lowest BCUT2D eigenvalue weighted by Crippen LogP contribution is -2.25. The van der Waals surface area contributed by atoms with E-state index in [9.17, 15) is 0 Å². The van der Waals surface area contributed by atoms with Crippen molar-refractivity contribution in [2.45, 2.75) is 57.5 Å². The summed E-state index contributed by atoms with van der Waals surface area (Å²) < 4.78 is 7.80. The molecule has 134 valence electrons. The summed E-state index contributed by atoms with van der Waals surface area (Å²) in [5, 5.41) is 8.98. The average molecular weight is 340 g/mol. The molecule has 1 unspecified atom stereocenters. The highest BCUT2D eigenvalue weighted by atomic mass is 16.5. The SMILES string of the molecule is CCOc1ccc(C2CCCN2Cc2nnc(C3CCC3)n2C)cc1. The first-order valence-electron chi connectivity index (χ1n) is 9.61. The van der Waals surface area contributed by atoms with Crippen molar-refractivity contribution in [3.8, 4) is 5.75 Å². The molecule has 1 atom stereocenters. The highest BCUT2D eigenvalue weighted by Gasteiger charge is 2.29. The maximum absolute atomic E-state index is 5.57. The minimum absolute atomic E-state index is 0.472. The monoisotopic (exact) mass is 340 g/mol. The van der Waals surface area contributed by atoms with E-state index in [1.807, 2.05) is 6.92 Å². The summed E-state index contributed by atoms with van der Waals surface area (Å²) in [6, 6.07) is 9.08. The van der Waals surface area contributed by atoms with Crippen molar-refractivity contribution in [3.63, 3.8) is 0 Å². The zero-order chi connectivity index (χ0) is 17.2. The highest BCUT2D eigenvalue weighted by Crippen LogP contribution is 2.36. The first kappa shape index (κ1) is 16.6. The molecule has 5 nitrogen and oxygen atoms in total. The fourth-order valence-corrected chi connectivity index (χ4v) is 4.06. The summed E-state index contributed by atoms with van der Waals surface area (Å²) in [6.45, 7) is 4.74. The lowest BCUT2D eigenvalue weighted by molar-refractivity contribution is 0.239. The van der Waals surface area contributed by atoms with E-state index in [0.717, 1.165) is 24.7 Å². The standard InChI is InChI=1S/C20H28N4O/c1-3-25-17-11-9-15(10-12-17)18-8-5-13-24(18)14-19-21-22-20(23(19)2)16-6-4-7-16/h9-12,16,18H,3-8,13-14H2,1-2H3. The largest absolute Gasteiger partial charge is 0.494 e. The van der Waals surface area contributed by atoms with Crippen LogP contribution in [0, 0.1) is 0 Å². The normalized spacial score (nSPS) is 21.4. The van der Waals surface area contributed by atoms with Gasteiger partial charge in [-0.15, -0.1) is 10.2 Å². The lowest BCUT2D eigenvalue weighted by Gasteiger charge is -2.26. The van der Waals surface area contributed by atoms with E-state index in [0.29, 0.717) is 18.6 Å². The van der Waals surface area contributed by atoms with Gasteiger partial charge >= 0.3 is 0 Å². The molecule has 0 N–H and O–H groups in total. The zero-order valence-corrected chi connectivity index (χ0v) is 15.3. The van der Waals surface area contributed by atoms with Gasteiger partial charge in [0.2, 0.25) is 0 Å². The van der Waals surface area contributed by atoms with E-state index in [-0.39, 0.29) is 0 Å². The number of hydrogen-bond donors (Lipinski definition) is 0. The third-order valence-corrected chi connectivity index (χ3v) is 5.75. The molecule has 5 heteroatoms. The van der Waals surface area contributed by atoms with E-state index >= 15 is 0 Å². The second kappa shape index (κ2) is 7.16. The second-order valence-electron chi connectivity index (χ2n) is 7.29. The topological polar surface area (TPSA) is 43.2 Å². The van der Waals surface area contributed by atoms with Crippen LogP contribution in [0.5, 0.6) is 5.75 Å². The minimum atomic E-state index is 0.472. The van der Waals surface area contributed by atoms with Crippen molar-refractivity contribution in [1.29, 1.82) is 0 Å². The van der Waals surface area contributed by atoms with Crippen LogP contribution in [0.4, 0.5) is 0 Å². The van der Waals surface area contributed by atoms with E-state index < -0.39 is 0 Å². The molecule has 0 amide bonds. The summed E-state index contributed by atoms with van der Waals surface area (Å²) in [7, 11) is 2.13. The number of hydrogen-bond acceptors (Lipinski definition) is 4. The molecule has 4 rings (SSSR count). The summed E-state index contributed by atoms with van der Waals surface area (Å²) in [5.74, 6) is 3.86. The predicted octanol–water partition coefficient (Wildman–Crippen LogP) is 3.82. The number of nitrogens with zero attached hydrogens (tertiary/aromatic N) is 4. The molecule has 0 radical (unpaired) electrons. The van der Waals surface area contributed by atoms with Crippen molar-refractivity contribution in [2.75, 3.05) is 13.2 Å². The third kappa shape index (κ3) is 3.30. The molecule has 1 saturated carbocycles. The summed E-state index contributed by atoms with van der Waals surface area (Å²) in [5.41, 5.74) is 1.38. The van der Waals surface area contributed by atoms with E-state index in [2.05, 4.69) is 51.0 Å². The summed E-state index contributed by atoms with van der Waals surface area (Å²) in [4.78, 5) is 2.55. The van der Waals surface area contributed by atoms with Gasteiger partial charge in [-0.25, -0.2) is 0 Å². The molecule has 1 aliphatic carbocycles. The molecule has 0 bridgehead atoms. The molecule has 1 aliphatic heterocycles. The molecule has 2 heterocycles. The average Bonchev–Trinajstić information content (AvgIpc) is 3.17. The Morgan fingerprint density at radius 1 is 1.08 bits per heavy atom. The molecule has 25 heavy (non-hydrogen) atoms. The molecule has 2 aliphatic rings. The lowest BCUT2D eigenvalue weighted by atomic mass is 9.85. The maximum atomic E-state index is 5.57. The molecule has 1 saturated heterocycles. The molecule has 2 fully saturated rings. The molecule has 0 spiro atoms. The quantitative estimate of drug-likeness (QED) is 0.802. The first-order chi connectivity index (χ1) is 12.3. The van der Waals surface area contributed by atoms with Crippen LogP contribution in [0.15, 0.2) is 24.3 Å². The minimum Gasteiger partial charge on any atom is -0.494 e. The van der Waals surface area contributed by atoms with Gasteiger partial charge in [0.1, 0.15) is 17.4 Å². The van der Waals surface area contributed by atoms with E-state index in [4.69, 9.17) is 4.74 Å². The van der Waals surface area contributed by atoms with Gasteiger partial charge in [-0.1, -0.05) is 18.6 Å². The van der Waals surface area contributed by atoms with Crippen molar-refractivity contribution in [1.82, 2.24) is 19.7 Å². The Kier molecular flexibility index (Phi) is 4.75. The number of aromatic nitrogens is 3. The number of rotatable bonds is 6. The Labute approximate surface area is 150 Å². The molecular weight excluding hydrogens is 312 g/mol. The fraction of sp³-hybridized carbons (Fsp3) is 0.600. The molecular formula is C20H28N4O. The van der Waals surface area contributed by atoms with Crippen LogP contribution in [0.1, 0.15) is 68.2 Å². The number of benzene rings is 1. The predicted molar refractivity (Wildman–Crippen MR) is 97.6 cm³/mol. The van der Waals surface area contributed by atoms with Gasteiger partial charge in [0.25, 0.3) is 0 Å². The Morgan fingerprint density at radius 2 is 1.88 bits per heavy atom. The number of ether oxygens (including phenoxy) is 1. The first-order valence-corrected chi connectivity index (χ1v) is 9.61. The van der Waals surface area contributed by atoms with Crippen molar-refractivity contribution in [2.24, 2.45) is 7.05 Å². The second-order valence-corrected chi connectivity index (χ2v) is 7.29. The molecule has 1 aromatic heterocycles. The van der Waals surface area contributed by atoms with Crippen LogP contribution in [-0.2, 0) is 13.6 Å². The Balaban J connectivity index is 1.47. The molecule has 2 aromatic rings. The van der Waals surface area contributed by atoms with E-state index in [1.54, 1.807) is 0 Å². The van der Waals surface area contributed by atoms with Crippen LogP contribution >= 0.6 is 0 Å². The van der Waals surface area contributed by atoms with Gasteiger partial charge < -0.3 is 9.30 Å². The number of likely N-dealkylation sites (tertiary alicyclic amines) is 1. The summed E-state index contributed by atoms with van der Waals surface area (Å²) >= 11 is 0. The van der Waals surface area contributed by atoms with Gasteiger partial charge in [0, 0.05) is 19.0 Å². The van der Waals surface area contributed by atoms with Crippen LogP contribution < -0.4 is 4.74 Å². The highest BCUT2D eigenvalue weighted by molar-refractivity contribution is 5.29. The van der Waals surface area contributed by atoms with Crippen LogP contribution in [-0.4, -0.2) is 32.8 Å². The van der Waals surface area contributed by atoms with Crippen molar-refractivity contribution < 1.29 is 4.74 Å². The van der Waals surface area contributed by atoms with Gasteiger partial charge in [-0.05, 0) is 56.8 Å². The third-order valence-electron chi connectivity index (χ3n) is 5.75. The van der Waals surface area contributed by atoms with Crippen LogP contribution in [0.2, 0.25) is 0 Å². The molecule has 1 aromatic carbocycles. The summed E-state index contributed by atoms with van der Waals surface area (Å²) in [6.07, 6.45) is 6.32. The van der Waals surface area contributed by atoms with Gasteiger partial charge in [-0.2, -0.15) is 0 Å². The maximum Gasteiger partial charge on any atom is 0.146 e. The van der Waals surface area contributed by atoms with Crippen LogP contribution in [0.25, 0.3) is 0 Å². The Bertz CT molecular complexity index is 705. The van der Waals surface area contributed by atoms with Crippen LogP contribution in [0.3, 0.4) is 0 Å². The van der Waals surface area contributed by atoms with Crippen molar-refractivity contribution in [3.05, 3.63) is 41.5 Å². The Morgan fingerprint density at radius 3 is 2.56 bits per heavy atom.